The zero-order chi connectivity index (χ0) is 15.0. The number of piperazine rings is 1. The Kier molecular flexibility index (Phi) is 3.76. The van der Waals surface area contributed by atoms with Crippen molar-refractivity contribution < 1.29 is 9.59 Å². The van der Waals surface area contributed by atoms with Gasteiger partial charge in [0.05, 0.1) is 10.7 Å². The number of carbonyl (C=O) groups excluding carboxylic acids is 2. The summed E-state index contributed by atoms with van der Waals surface area (Å²) in [5.41, 5.74) is 6.68. The van der Waals surface area contributed by atoms with Crippen LogP contribution >= 0.6 is 11.6 Å². The summed E-state index contributed by atoms with van der Waals surface area (Å²) in [6.45, 7) is 2.37. The maximum Gasteiger partial charge on any atom is 0.254 e. The van der Waals surface area contributed by atoms with E-state index in [0.29, 0.717) is 42.5 Å². The maximum absolute atomic E-state index is 12.4. The fraction of sp³-hybridized carbons (Fsp3) is 0.467. The highest BCUT2D eigenvalue weighted by atomic mass is 35.5. The minimum atomic E-state index is -0.0584. The lowest BCUT2D eigenvalue weighted by Gasteiger charge is -2.35. The third-order valence-electron chi connectivity index (χ3n) is 4.05. The van der Waals surface area contributed by atoms with Crippen molar-refractivity contribution in [2.75, 3.05) is 31.9 Å². The number of rotatable bonds is 2. The van der Waals surface area contributed by atoms with Crippen LogP contribution in [0.2, 0.25) is 5.02 Å². The minimum Gasteiger partial charge on any atom is -0.398 e. The average molecular weight is 308 g/mol. The molecule has 5 nitrogen and oxygen atoms in total. The molecule has 0 bridgehead atoms. The zero-order valence-corrected chi connectivity index (χ0v) is 12.5. The lowest BCUT2D eigenvalue weighted by Crippen LogP contribution is -2.51. The molecule has 1 saturated carbocycles. The monoisotopic (exact) mass is 307 g/mol. The minimum absolute atomic E-state index is 0.0584. The Morgan fingerprint density at radius 2 is 1.71 bits per heavy atom. The van der Waals surface area contributed by atoms with E-state index < -0.39 is 0 Å². The number of hydrogen-bond donors (Lipinski definition) is 1. The summed E-state index contributed by atoms with van der Waals surface area (Å²) >= 11 is 5.87. The molecule has 2 N–H and O–H groups in total. The largest absolute Gasteiger partial charge is 0.398 e. The Balaban J connectivity index is 1.61. The van der Waals surface area contributed by atoms with Gasteiger partial charge >= 0.3 is 0 Å². The van der Waals surface area contributed by atoms with Gasteiger partial charge in [0.15, 0.2) is 0 Å². The van der Waals surface area contributed by atoms with Crippen molar-refractivity contribution in [3.63, 3.8) is 0 Å². The first-order valence-electron chi connectivity index (χ1n) is 7.19. The predicted molar refractivity (Wildman–Crippen MR) is 81.1 cm³/mol. The third-order valence-corrected chi connectivity index (χ3v) is 4.39. The quantitative estimate of drug-likeness (QED) is 0.844. The molecule has 0 aromatic heterocycles. The van der Waals surface area contributed by atoms with Crippen LogP contribution in [0.3, 0.4) is 0 Å². The predicted octanol–water partition coefficient (Wildman–Crippen LogP) is 1.62. The molecule has 1 aliphatic heterocycles. The number of nitrogen functional groups attached to an aromatic ring is 1. The summed E-state index contributed by atoms with van der Waals surface area (Å²) in [6, 6.07) is 4.92. The first-order chi connectivity index (χ1) is 10.1. The normalized spacial score (nSPS) is 18.7. The van der Waals surface area contributed by atoms with Crippen LogP contribution in [0.25, 0.3) is 0 Å². The van der Waals surface area contributed by atoms with Crippen molar-refractivity contribution in [2.24, 2.45) is 5.92 Å². The Morgan fingerprint density at radius 1 is 1.10 bits per heavy atom. The second-order valence-corrected chi connectivity index (χ2v) is 6.04. The summed E-state index contributed by atoms with van der Waals surface area (Å²) in [5.74, 6) is 0.429. The van der Waals surface area contributed by atoms with E-state index in [2.05, 4.69) is 0 Å². The molecular weight excluding hydrogens is 290 g/mol. The molecule has 0 atom stereocenters. The van der Waals surface area contributed by atoms with Crippen LogP contribution in [0.15, 0.2) is 18.2 Å². The van der Waals surface area contributed by atoms with E-state index in [1.807, 2.05) is 4.90 Å². The average Bonchev–Trinajstić information content (AvgIpc) is 3.33. The van der Waals surface area contributed by atoms with E-state index in [-0.39, 0.29) is 17.7 Å². The molecule has 6 heteroatoms. The summed E-state index contributed by atoms with van der Waals surface area (Å²) in [7, 11) is 0. The van der Waals surface area contributed by atoms with Gasteiger partial charge in [0.2, 0.25) is 5.91 Å². The molecule has 0 radical (unpaired) electrons. The lowest BCUT2D eigenvalue weighted by atomic mass is 10.1. The Morgan fingerprint density at radius 3 is 2.29 bits per heavy atom. The van der Waals surface area contributed by atoms with E-state index in [4.69, 9.17) is 17.3 Å². The topological polar surface area (TPSA) is 66.6 Å². The van der Waals surface area contributed by atoms with Crippen LogP contribution in [0.5, 0.6) is 0 Å². The summed E-state index contributed by atoms with van der Waals surface area (Å²) in [5, 5.41) is 0.450. The van der Waals surface area contributed by atoms with Gasteiger partial charge in [-0.3, -0.25) is 9.59 Å². The number of carbonyl (C=O) groups is 2. The second kappa shape index (κ2) is 5.56. The van der Waals surface area contributed by atoms with Gasteiger partial charge in [-0.1, -0.05) is 11.6 Å². The molecule has 0 unspecified atom stereocenters. The molecule has 2 aliphatic rings. The van der Waals surface area contributed by atoms with Crippen LogP contribution in [-0.4, -0.2) is 47.8 Å². The van der Waals surface area contributed by atoms with Crippen molar-refractivity contribution in [1.29, 1.82) is 0 Å². The van der Waals surface area contributed by atoms with Gasteiger partial charge in [-0.25, -0.2) is 0 Å². The van der Waals surface area contributed by atoms with Crippen molar-refractivity contribution in [3.05, 3.63) is 28.8 Å². The number of nitrogens with two attached hydrogens (primary N) is 1. The standard InChI is InChI=1S/C15H18ClN3O2/c16-12-4-3-11(9-13(12)17)15(21)19-7-5-18(6-8-19)14(20)10-1-2-10/h3-4,9-10H,1-2,5-8,17H2. The van der Waals surface area contributed by atoms with Crippen molar-refractivity contribution in [2.45, 2.75) is 12.8 Å². The van der Waals surface area contributed by atoms with Gasteiger partial charge in [0, 0.05) is 37.7 Å². The summed E-state index contributed by atoms with van der Waals surface area (Å²) in [6.07, 6.45) is 2.03. The Hall–Kier alpha value is -1.75. The first kappa shape index (κ1) is 14.2. The Bertz CT molecular complexity index is 578. The lowest BCUT2D eigenvalue weighted by molar-refractivity contribution is -0.134. The Labute approximate surface area is 128 Å². The van der Waals surface area contributed by atoms with Gasteiger partial charge in [-0.05, 0) is 31.0 Å². The molecule has 0 spiro atoms. The molecule has 1 aromatic carbocycles. The highest BCUT2D eigenvalue weighted by Crippen LogP contribution is 2.31. The number of benzene rings is 1. The van der Waals surface area contributed by atoms with Crippen LogP contribution < -0.4 is 5.73 Å². The first-order valence-corrected chi connectivity index (χ1v) is 7.57. The number of amides is 2. The van der Waals surface area contributed by atoms with Crippen LogP contribution in [0, 0.1) is 5.92 Å². The van der Waals surface area contributed by atoms with E-state index in [1.54, 1.807) is 23.1 Å². The molecule has 112 valence electrons. The molecule has 1 heterocycles. The van der Waals surface area contributed by atoms with E-state index in [9.17, 15) is 9.59 Å². The van der Waals surface area contributed by atoms with Gasteiger partial charge in [-0.15, -0.1) is 0 Å². The molecular formula is C15H18ClN3O2. The van der Waals surface area contributed by atoms with Gasteiger partial charge in [0.25, 0.3) is 5.91 Å². The highest BCUT2D eigenvalue weighted by molar-refractivity contribution is 6.33. The van der Waals surface area contributed by atoms with E-state index in [1.165, 1.54) is 0 Å². The van der Waals surface area contributed by atoms with E-state index >= 15 is 0 Å². The molecule has 1 aromatic rings. The number of hydrogen-bond acceptors (Lipinski definition) is 3. The van der Waals surface area contributed by atoms with Gasteiger partial charge < -0.3 is 15.5 Å². The maximum atomic E-state index is 12.4. The van der Waals surface area contributed by atoms with Gasteiger partial charge in [-0.2, -0.15) is 0 Å². The third kappa shape index (κ3) is 2.97. The molecule has 1 aliphatic carbocycles. The molecule has 1 saturated heterocycles. The fourth-order valence-corrected chi connectivity index (χ4v) is 2.70. The molecule has 21 heavy (non-hydrogen) atoms. The molecule has 2 fully saturated rings. The van der Waals surface area contributed by atoms with Crippen molar-refractivity contribution in [3.8, 4) is 0 Å². The van der Waals surface area contributed by atoms with Gasteiger partial charge in [0.1, 0.15) is 0 Å². The highest BCUT2D eigenvalue weighted by Gasteiger charge is 2.35. The summed E-state index contributed by atoms with van der Waals surface area (Å²) < 4.78 is 0. The number of anilines is 1. The summed E-state index contributed by atoms with van der Waals surface area (Å²) in [4.78, 5) is 28.0. The number of halogens is 1. The van der Waals surface area contributed by atoms with Crippen LogP contribution in [0.4, 0.5) is 5.69 Å². The van der Waals surface area contributed by atoms with Crippen molar-refractivity contribution in [1.82, 2.24) is 9.80 Å². The van der Waals surface area contributed by atoms with Crippen LogP contribution in [-0.2, 0) is 4.79 Å². The van der Waals surface area contributed by atoms with E-state index in [0.717, 1.165) is 12.8 Å². The molecule has 2 amide bonds. The van der Waals surface area contributed by atoms with Crippen LogP contribution in [0.1, 0.15) is 23.2 Å². The zero-order valence-electron chi connectivity index (χ0n) is 11.7. The second-order valence-electron chi connectivity index (χ2n) is 5.63. The smallest absolute Gasteiger partial charge is 0.254 e. The molecule has 3 rings (SSSR count). The SMILES string of the molecule is Nc1cc(C(=O)N2CCN(C(=O)C3CC3)CC2)ccc1Cl. The number of nitrogens with zero attached hydrogens (tertiary/aromatic N) is 2. The van der Waals surface area contributed by atoms with Crippen molar-refractivity contribution >= 4 is 29.1 Å². The fourth-order valence-electron chi connectivity index (χ4n) is 2.58.